The highest BCUT2D eigenvalue weighted by atomic mass is 16.2. The van der Waals surface area contributed by atoms with Crippen LogP contribution in [0.3, 0.4) is 0 Å². The van der Waals surface area contributed by atoms with Crippen LogP contribution < -0.4 is 10.9 Å². The maximum absolute atomic E-state index is 12.3. The molecule has 1 saturated heterocycles. The van der Waals surface area contributed by atoms with E-state index < -0.39 is 0 Å². The zero-order chi connectivity index (χ0) is 23.6. The van der Waals surface area contributed by atoms with Gasteiger partial charge in [0, 0.05) is 37.8 Å². The maximum atomic E-state index is 12.3. The minimum atomic E-state index is -0.230. The molecule has 0 spiro atoms. The number of likely N-dealkylation sites (tertiary alicyclic amines) is 1. The number of unbranched alkanes of at least 4 members (excludes halogenated alkanes) is 2. The van der Waals surface area contributed by atoms with Crippen molar-refractivity contribution < 1.29 is 19.2 Å². The monoisotopic (exact) mass is 438 g/mol. The molecule has 8 nitrogen and oxygen atoms in total. The molecule has 1 heterocycles. The Hall–Kier alpha value is -1.96. The lowest BCUT2D eigenvalue weighted by Gasteiger charge is -2.27. The van der Waals surface area contributed by atoms with Crippen LogP contribution in [-0.2, 0) is 19.2 Å². The lowest BCUT2D eigenvalue weighted by molar-refractivity contribution is -0.139. The van der Waals surface area contributed by atoms with Crippen molar-refractivity contribution in [2.75, 3.05) is 20.1 Å². The van der Waals surface area contributed by atoms with E-state index >= 15 is 0 Å². The van der Waals surface area contributed by atoms with Gasteiger partial charge >= 0.3 is 0 Å². The third-order valence-electron chi connectivity index (χ3n) is 6.29. The lowest BCUT2D eigenvalue weighted by Crippen LogP contribution is -2.42. The first-order valence-corrected chi connectivity index (χ1v) is 11.7. The van der Waals surface area contributed by atoms with Gasteiger partial charge in [0.2, 0.25) is 23.6 Å². The molecule has 2 N–H and O–H groups in total. The van der Waals surface area contributed by atoms with Crippen molar-refractivity contribution in [3.63, 3.8) is 0 Å². The summed E-state index contributed by atoms with van der Waals surface area (Å²) in [5, 5.41) is 0. The van der Waals surface area contributed by atoms with Crippen LogP contribution in [0.1, 0.15) is 79.6 Å². The Morgan fingerprint density at radius 1 is 0.968 bits per heavy atom. The summed E-state index contributed by atoms with van der Waals surface area (Å²) in [5.41, 5.74) is 4.92. The van der Waals surface area contributed by atoms with Crippen molar-refractivity contribution in [2.45, 2.75) is 85.6 Å². The minimum Gasteiger partial charge on any atom is -0.303 e. The Morgan fingerprint density at radius 3 is 2.06 bits per heavy atom. The quantitative estimate of drug-likeness (QED) is 0.261. The van der Waals surface area contributed by atoms with Crippen LogP contribution in [0.15, 0.2) is 0 Å². The average molecular weight is 439 g/mol. The SMILES string of the molecule is CC(C)C1CC(=O)N(CCCCCC(=O)NNC(=O)CCCN(C)C(C)C(C)C)C1=O. The Bertz CT molecular complexity index is 621. The van der Waals surface area contributed by atoms with Crippen LogP contribution in [0.25, 0.3) is 0 Å². The number of carbonyl (C=O) groups excluding carboxylic acids is 4. The molecule has 1 fully saturated rings. The number of nitrogens with zero attached hydrogens (tertiary/aromatic N) is 2. The second kappa shape index (κ2) is 13.5. The molecule has 0 aromatic carbocycles. The fourth-order valence-electron chi connectivity index (χ4n) is 3.66. The second-order valence-electron chi connectivity index (χ2n) is 9.41. The first-order chi connectivity index (χ1) is 14.5. The van der Waals surface area contributed by atoms with Crippen LogP contribution >= 0.6 is 0 Å². The molecule has 4 amide bonds. The van der Waals surface area contributed by atoms with Crippen molar-refractivity contribution in [3.8, 4) is 0 Å². The lowest BCUT2D eigenvalue weighted by atomic mass is 9.94. The molecule has 0 bridgehead atoms. The van der Waals surface area contributed by atoms with Crippen LogP contribution in [0, 0.1) is 17.8 Å². The standard InChI is InChI=1S/C23H42N4O4/c1-16(2)18(5)26(6)13-10-12-21(29)25-24-20(28)11-8-7-9-14-27-22(30)15-19(17(3)4)23(27)31/h16-19H,7-15H2,1-6H3,(H,24,28)(H,25,29). The molecule has 31 heavy (non-hydrogen) atoms. The second-order valence-corrected chi connectivity index (χ2v) is 9.41. The third-order valence-corrected chi connectivity index (χ3v) is 6.29. The zero-order valence-electron chi connectivity index (χ0n) is 20.2. The summed E-state index contributed by atoms with van der Waals surface area (Å²) >= 11 is 0. The van der Waals surface area contributed by atoms with E-state index in [-0.39, 0.29) is 35.5 Å². The number of hydrazine groups is 1. The molecule has 2 atom stereocenters. The summed E-state index contributed by atoms with van der Waals surface area (Å²) in [6.07, 6.45) is 3.78. The fraction of sp³-hybridized carbons (Fsp3) is 0.826. The van der Waals surface area contributed by atoms with Crippen LogP contribution in [0.5, 0.6) is 0 Å². The van der Waals surface area contributed by atoms with Gasteiger partial charge in [-0.15, -0.1) is 0 Å². The number of hydrogen-bond donors (Lipinski definition) is 2. The van der Waals surface area contributed by atoms with Crippen LogP contribution in [0.4, 0.5) is 0 Å². The Balaban J connectivity index is 2.11. The van der Waals surface area contributed by atoms with Gasteiger partial charge in [-0.05, 0) is 51.6 Å². The molecule has 8 heteroatoms. The molecule has 1 aliphatic heterocycles. The van der Waals surface area contributed by atoms with Gasteiger partial charge in [-0.3, -0.25) is 34.9 Å². The molecule has 0 aromatic rings. The molecule has 0 aromatic heterocycles. The van der Waals surface area contributed by atoms with Gasteiger partial charge in [-0.1, -0.05) is 34.1 Å². The summed E-state index contributed by atoms with van der Waals surface area (Å²) < 4.78 is 0. The summed E-state index contributed by atoms with van der Waals surface area (Å²) in [4.78, 5) is 51.6. The molecule has 1 aliphatic rings. The van der Waals surface area contributed by atoms with Gasteiger partial charge in [-0.2, -0.15) is 0 Å². The molecular weight excluding hydrogens is 396 g/mol. The minimum absolute atomic E-state index is 0.0645. The number of amides is 4. The van der Waals surface area contributed by atoms with E-state index in [2.05, 4.69) is 43.6 Å². The molecule has 0 saturated carbocycles. The van der Waals surface area contributed by atoms with E-state index in [0.29, 0.717) is 50.6 Å². The number of nitrogens with one attached hydrogen (secondary N) is 2. The highest BCUT2D eigenvalue weighted by molar-refractivity contribution is 6.03. The van der Waals surface area contributed by atoms with E-state index in [1.165, 1.54) is 4.90 Å². The van der Waals surface area contributed by atoms with E-state index in [9.17, 15) is 19.2 Å². The number of rotatable bonds is 13. The van der Waals surface area contributed by atoms with Gasteiger partial charge in [0.15, 0.2) is 0 Å². The highest BCUT2D eigenvalue weighted by Crippen LogP contribution is 2.26. The largest absolute Gasteiger partial charge is 0.303 e. The predicted octanol–water partition coefficient (Wildman–Crippen LogP) is 2.48. The van der Waals surface area contributed by atoms with E-state index in [1.807, 2.05) is 13.8 Å². The summed E-state index contributed by atoms with van der Waals surface area (Å²) in [6, 6.07) is 0.459. The zero-order valence-corrected chi connectivity index (χ0v) is 20.2. The topological polar surface area (TPSA) is 98.8 Å². The van der Waals surface area contributed by atoms with E-state index in [1.54, 1.807) is 0 Å². The van der Waals surface area contributed by atoms with Crippen molar-refractivity contribution in [1.29, 1.82) is 0 Å². The number of imide groups is 1. The summed E-state index contributed by atoms with van der Waals surface area (Å²) in [5.74, 6) is -0.0340. The molecule has 0 aliphatic carbocycles. The predicted molar refractivity (Wildman–Crippen MR) is 121 cm³/mol. The van der Waals surface area contributed by atoms with Gasteiger partial charge in [0.05, 0.1) is 0 Å². The maximum Gasteiger partial charge on any atom is 0.238 e. The van der Waals surface area contributed by atoms with E-state index in [4.69, 9.17) is 0 Å². The fourth-order valence-corrected chi connectivity index (χ4v) is 3.66. The van der Waals surface area contributed by atoms with Crippen LogP contribution in [-0.4, -0.2) is 59.6 Å². The van der Waals surface area contributed by atoms with Crippen molar-refractivity contribution in [1.82, 2.24) is 20.7 Å². The van der Waals surface area contributed by atoms with Gasteiger partial charge in [-0.25, -0.2) is 0 Å². The molecule has 178 valence electrons. The molecule has 0 radical (unpaired) electrons. The van der Waals surface area contributed by atoms with Gasteiger partial charge in [0.25, 0.3) is 0 Å². The summed E-state index contributed by atoms with van der Waals surface area (Å²) in [7, 11) is 2.06. The molecule has 1 rings (SSSR count). The highest BCUT2D eigenvalue weighted by Gasteiger charge is 2.39. The summed E-state index contributed by atoms with van der Waals surface area (Å²) in [6.45, 7) is 11.7. The van der Waals surface area contributed by atoms with E-state index in [0.717, 1.165) is 19.4 Å². The average Bonchev–Trinajstić information content (AvgIpc) is 2.99. The Morgan fingerprint density at radius 2 is 1.55 bits per heavy atom. The molecular formula is C23H42N4O4. The smallest absolute Gasteiger partial charge is 0.238 e. The third kappa shape index (κ3) is 9.37. The van der Waals surface area contributed by atoms with Gasteiger partial charge < -0.3 is 4.90 Å². The van der Waals surface area contributed by atoms with Crippen molar-refractivity contribution in [3.05, 3.63) is 0 Å². The van der Waals surface area contributed by atoms with Crippen molar-refractivity contribution >= 4 is 23.6 Å². The van der Waals surface area contributed by atoms with Crippen LogP contribution in [0.2, 0.25) is 0 Å². The first-order valence-electron chi connectivity index (χ1n) is 11.7. The number of carbonyl (C=O) groups is 4. The number of hydrogen-bond acceptors (Lipinski definition) is 5. The van der Waals surface area contributed by atoms with Gasteiger partial charge in [0.1, 0.15) is 0 Å². The Kier molecular flexibility index (Phi) is 11.7. The van der Waals surface area contributed by atoms with Crippen molar-refractivity contribution in [2.24, 2.45) is 17.8 Å². The first kappa shape index (κ1) is 27.1. The Labute approximate surface area is 187 Å². The normalized spacial score (nSPS) is 17.7. The molecule has 2 unspecified atom stereocenters.